The summed E-state index contributed by atoms with van der Waals surface area (Å²) >= 11 is 6.12. The van der Waals surface area contributed by atoms with Crippen LogP contribution < -0.4 is 19.9 Å². The highest BCUT2D eigenvalue weighted by atomic mass is 35.5. The van der Waals surface area contributed by atoms with Crippen molar-refractivity contribution in [3.05, 3.63) is 41.7 Å². The number of nitrogens with two attached hydrogens (primary N) is 1. The maximum atomic E-state index is 6.12. The zero-order chi connectivity index (χ0) is 23.5. The molecule has 0 atom stereocenters. The van der Waals surface area contributed by atoms with Gasteiger partial charge in [-0.1, -0.05) is 11.6 Å². The van der Waals surface area contributed by atoms with Crippen molar-refractivity contribution in [1.29, 1.82) is 0 Å². The molecule has 0 aliphatic carbocycles. The highest BCUT2D eigenvalue weighted by Crippen LogP contribution is 2.39. The van der Waals surface area contributed by atoms with Gasteiger partial charge in [0.25, 0.3) is 0 Å². The van der Waals surface area contributed by atoms with Crippen LogP contribution in [0.3, 0.4) is 0 Å². The summed E-state index contributed by atoms with van der Waals surface area (Å²) in [7, 11) is 1.62. The van der Waals surface area contributed by atoms with Crippen molar-refractivity contribution in [1.82, 2.24) is 14.9 Å². The minimum Gasteiger partial charge on any atom is -0.493 e. The molecule has 3 aromatic rings. The average Bonchev–Trinajstić information content (AvgIpc) is 2.83. The summed E-state index contributed by atoms with van der Waals surface area (Å²) in [6.07, 6.45) is 4.88. The van der Waals surface area contributed by atoms with E-state index in [1.165, 1.54) is 19.2 Å². The number of hydrogen-bond donors (Lipinski definition) is 1. The number of methoxy groups -OCH3 is 1. The molecule has 180 valence electrons. The van der Waals surface area contributed by atoms with Gasteiger partial charge in [-0.25, -0.2) is 9.97 Å². The molecule has 2 fully saturated rings. The van der Waals surface area contributed by atoms with Crippen LogP contribution in [0.25, 0.3) is 10.9 Å². The van der Waals surface area contributed by atoms with E-state index in [-0.39, 0.29) is 0 Å². The number of likely N-dealkylation sites (tertiary alicyclic amines) is 1. The second-order valence-corrected chi connectivity index (χ2v) is 9.43. The molecule has 5 rings (SSSR count). The number of fused-ring (bicyclic) bond motifs is 1. The molecule has 2 saturated heterocycles. The van der Waals surface area contributed by atoms with Gasteiger partial charge in [0.15, 0.2) is 11.5 Å². The Morgan fingerprint density at radius 1 is 1.12 bits per heavy atom. The van der Waals surface area contributed by atoms with E-state index in [2.05, 4.69) is 14.9 Å². The Morgan fingerprint density at radius 2 is 1.94 bits per heavy atom. The third-order valence-corrected chi connectivity index (χ3v) is 7.01. The third-order valence-electron chi connectivity index (χ3n) is 6.68. The molecule has 0 unspecified atom stereocenters. The first-order chi connectivity index (χ1) is 16.5. The van der Waals surface area contributed by atoms with Crippen molar-refractivity contribution in [3.63, 3.8) is 0 Å². The van der Waals surface area contributed by atoms with Crippen molar-refractivity contribution in [2.24, 2.45) is 5.41 Å². The Morgan fingerprint density at radius 3 is 2.65 bits per heavy atom. The van der Waals surface area contributed by atoms with Crippen molar-refractivity contribution < 1.29 is 18.9 Å². The van der Waals surface area contributed by atoms with E-state index in [0.717, 1.165) is 39.3 Å². The van der Waals surface area contributed by atoms with Crippen molar-refractivity contribution in [3.8, 4) is 23.1 Å². The molecule has 1 spiro atoms. The Labute approximate surface area is 203 Å². The fraction of sp³-hybridized carbons (Fsp3) is 0.440. The number of ether oxygens (including phenoxy) is 4. The van der Waals surface area contributed by atoms with Crippen LogP contribution >= 0.6 is 11.6 Å². The van der Waals surface area contributed by atoms with E-state index < -0.39 is 0 Å². The van der Waals surface area contributed by atoms with Gasteiger partial charge in [-0.05, 0) is 50.6 Å². The first-order valence-electron chi connectivity index (χ1n) is 11.5. The number of benzene rings is 2. The second-order valence-electron chi connectivity index (χ2n) is 9.02. The zero-order valence-electron chi connectivity index (χ0n) is 19.3. The van der Waals surface area contributed by atoms with Gasteiger partial charge in [-0.2, -0.15) is 0 Å². The van der Waals surface area contributed by atoms with Gasteiger partial charge in [-0.3, -0.25) is 0 Å². The molecule has 1 aromatic heterocycles. The summed E-state index contributed by atoms with van der Waals surface area (Å²) in [6, 6.07) is 8.79. The van der Waals surface area contributed by atoms with Gasteiger partial charge in [0.1, 0.15) is 12.1 Å². The maximum Gasteiger partial charge on any atom is 0.230 e. The highest BCUT2D eigenvalue weighted by molar-refractivity contribution is 6.33. The second kappa shape index (κ2) is 9.82. The lowest BCUT2D eigenvalue weighted by atomic mass is 9.77. The SMILES string of the molecule is COc1cc2c(Oc3ccc(N)c(Cl)c3)ncnc2cc1OCCCN1CCC2(CC1)COC2. The van der Waals surface area contributed by atoms with Crippen LogP contribution in [0.4, 0.5) is 5.69 Å². The molecular formula is C25H29ClN4O4. The summed E-state index contributed by atoms with van der Waals surface area (Å²) in [5.41, 5.74) is 7.44. The number of hydrogen-bond acceptors (Lipinski definition) is 8. The molecule has 2 aliphatic heterocycles. The van der Waals surface area contributed by atoms with Crippen LogP contribution in [-0.4, -0.2) is 61.4 Å². The predicted molar refractivity (Wildman–Crippen MR) is 131 cm³/mol. The molecule has 0 saturated carbocycles. The molecule has 2 aromatic carbocycles. The Balaban J connectivity index is 1.23. The van der Waals surface area contributed by atoms with Crippen LogP contribution in [-0.2, 0) is 4.74 Å². The highest BCUT2D eigenvalue weighted by Gasteiger charge is 2.40. The number of aromatic nitrogens is 2. The molecular weight excluding hydrogens is 456 g/mol. The Hall–Kier alpha value is -2.81. The lowest BCUT2D eigenvalue weighted by Crippen LogP contribution is -2.51. The standard InChI is InChI=1S/C25H29ClN4O4/c1-31-22-12-18-21(28-16-29-24(18)34-17-3-4-20(27)19(26)11-17)13-23(22)33-10-2-7-30-8-5-25(6-9-30)14-32-15-25/h3-4,11-13,16H,2,5-10,14-15,27H2,1H3. The minimum absolute atomic E-state index is 0.399. The summed E-state index contributed by atoms with van der Waals surface area (Å²) < 4.78 is 23.0. The number of anilines is 1. The van der Waals surface area contributed by atoms with Gasteiger partial charge < -0.3 is 29.6 Å². The smallest absolute Gasteiger partial charge is 0.230 e. The Bertz CT molecular complexity index is 1160. The van der Waals surface area contributed by atoms with E-state index in [1.54, 1.807) is 25.3 Å². The number of nitrogen functional groups attached to an aromatic ring is 1. The molecule has 0 radical (unpaired) electrons. The largest absolute Gasteiger partial charge is 0.493 e. The van der Waals surface area contributed by atoms with Crippen molar-refractivity contribution in [2.45, 2.75) is 19.3 Å². The monoisotopic (exact) mass is 484 g/mol. The lowest BCUT2D eigenvalue weighted by Gasteiger charge is -2.47. The topological polar surface area (TPSA) is 92.0 Å². The summed E-state index contributed by atoms with van der Waals surface area (Å²) in [4.78, 5) is 11.2. The van der Waals surface area contributed by atoms with Gasteiger partial charge in [-0.15, -0.1) is 0 Å². The molecule has 2 aliphatic rings. The summed E-state index contributed by atoms with van der Waals surface area (Å²) in [6.45, 7) is 5.79. The molecule has 0 amide bonds. The van der Waals surface area contributed by atoms with Crippen LogP contribution in [0, 0.1) is 5.41 Å². The van der Waals surface area contributed by atoms with Crippen LogP contribution in [0.2, 0.25) is 5.02 Å². The van der Waals surface area contributed by atoms with Crippen LogP contribution in [0.15, 0.2) is 36.7 Å². The third kappa shape index (κ3) is 4.85. The number of halogens is 1. The zero-order valence-corrected chi connectivity index (χ0v) is 20.0. The first kappa shape index (κ1) is 23.0. The van der Waals surface area contributed by atoms with Crippen LogP contribution in [0.5, 0.6) is 23.1 Å². The van der Waals surface area contributed by atoms with E-state index in [1.807, 2.05) is 12.1 Å². The summed E-state index contributed by atoms with van der Waals surface area (Å²) in [5.74, 6) is 2.19. The van der Waals surface area contributed by atoms with E-state index in [0.29, 0.717) is 56.8 Å². The van der Waals surface area contributed by atoms with Crippen molar-refractivity contribution >= 4 is 28.2 Å². The van der Waals surface area contributed by atoms with Gasteiger partial charge in [0, 0.05) is 24.1 Å². The van der Waals surface area contributed by atoms with Crippen molar-refractivity contribution in [2.75, 3.05) is 52.3 Å². The molecule has 9 heteroatoms. The summed E-state index contributed by atoms with van der Waals surface area (Å²) in [5, 5.41) is 1.13. The normalized spacial score (nSPS) is 17.5. The minimum atomic E-state index is 0.399. The number of piperidine rings is 1. The fourth-order valence-electron chi connectivity index (χ4n) is 4.48. The van der Waals surface area contributed by atoms with E-state index >= 15 is 0 Å². The first-order valence-corrected chi connectivity index (χ1v) is 11.9. The lowest BCUT2D eigenvalue weighted by molar-refractivity contribution is -0.139. The van der Waals surface area contributed by atoms with Gasteiger partial charge in [0.2, 0.25) is 5.88 Å². The molecule has 34 heavy (non-hydrogen) atoms. The predicted octanol–water partition coefficient (Wildman–Crippen LogP) is 4.55. The fourth-order valence-corrected chi connectivity index (χ4v) is 4.65. The molecule has 8 nitrogen and oxygen atoms in total. The maximum absolute atomic E-state index is 6.12. The molecule has 3 heterocycles. The van der Waals surface area contributed by atoms with Crippen LogP contribution in [0.1, 0.15) is 19.3 Å². The number of nitrogens with zero attached hydrogens (tertiary/aromatic N) is 3. The number of rotatable bonds is 8. The molecule has 0 bridgehead atoms. The van der Waals surface area contributed by atoms with Gasteiger partial charge in [0.05, 0.1) is 48.5 Å². The van der Waals surface area contributed by atoms with E-state index in [9.17, 15) is 0 Å². The van der Waals surface area contributed by atoms with E-state index in [4.69, 9.17) is 36.3 Å². The molecule has 2 N–H and O–H groups in total. The van der Waals surface area contributed by atoms with Gasteiger partial charge >= 0.3 is 0 Å². The Kier molecular flexibility index (Phi) is 6.63. The average molecular weight is 485 g/mol. The quantitative estimate of drug-likeness (QED) is 0.368.